The van der Waals surface area contributed by atoms with Gasteiger partial charge in [-0.25, -0.2) is 9.97 Å². The minimum absolute atomic E-state index is 0.342. The lowest BCUT2D eigenvalue weighted by Gasteiger charge is -2.18. The van der Waals surface area contributed by atoms with Crippen molar-refractivity contribution in [2.75, 3.05) is 24.9 Å². The number of carbonyl (C=O) groups is 2. The predicted octanol–water partition coefficient (Wildman–Crippen LogP) is 13.5. The summed E-state index contributed by atoms with van der Waals surface area (Å²) in [7, 11) is 3.08. The fourth-order valence-electron chi connectivity index (χ4n) is 7.40. The second kappa shape index (κ2) is 16.8. The quantitative estimate of drug-likeness (QED) is 0.150. The fraction of sp³-hybridized carbons (Fsp3) is 0.0833. The minimum atomic E-state index is -0.342. The molecule has 0 atom stereocenters. The molecule has 0 radical (unpaired) electrons. The van der Waals surface area contributed by atoms with E-state index in [-0.39, 0.29) is 11.8 Å². The molecule has 0 aliphatic carbocycles. The number of nitrogens with one attached hydrogen (secondary N) is 2. The van der Waals surface area contributed by atoms with E-state index < -0.39 is 0 Å². The fourth-order valence-corrected chi connectivity index (χ4v) is 8.40. The van der Waals surface area contributed by atoms with Crippen LogP contribution in [0.2, 0.25) is 20.1 Å². The average Bonchev–Trinajstić information content (AvgIpc) is 3.23. The average molecular weight is 873 g/mol. The van der Waals surface area contributed by atoms with Crippen molar-refractivity contribution in [2.45, 2.75) is 13.8 Å². The monoisotopic (exact) mass is 870 g/mol. The van der Waals surface area contributed by atoms with Crippen LogP contribution in [0.4, 0.5) is 11.4 Å². The van der Waals surface area contributed by atoms with Gasteiger partial charge in [0, 0.05) is 31.9 Å². The van der Waals surface area contributed by atoms with E-state index in [4.69, 9.17) is 65.8 Å². The third-order valence-electron chi connectivity index (χ3n) is 10.3. The molecule has 0 unspecified atom stereocenters. The highest BCUT2D eigenvalue weighted by atomic mass is 35.5. The van der Waals surface area contributed by atoms with Gasteiger partial charge in [0.05, 0.1) is 69.2 Å². The Morgan fingerprint density at radius 2 is 0.917 bits per heavy atom. The van der Waals surface area contributed by atoms with Gasteiger partial charge in [0.25, 0.3) is 11.8 Å². The molecule has 2 N–H and O–H groups in total. The predicted molar refractivity (Wildman–Crippen MR) is 245 cm³/mol. The number of rotatable bonds is 9. The number of amides is 2. The molecule has 0 aliphatic heterocycles. The van der Waals surface area contributed by atoms with E-state index in [0.717, 1.165) is 11.1 Å². The summed E-state index contributed by atoms with van der Waals surface area (Å²) >= 11 is 25.6. The maximum atomic E-state index is 14.2. The van der Waals surface area contributed by atoms with Gasteiger partial charge in [0.15, 0.2) is 0 Å². The Balaban J connectivity index is 1.09. The number of methoxy groups -OCH3 is 2. The maximum Gasteiger partial charge on any atom is 0.256 e. The lowest BCUT2D eigenvalue weighted by molar-refractivity contribution is 0.101. The van der Waals surface area contributed by atoms with Crippen molar-refractivity contribution in [3.05, 3.63) is 164 Å². The standard InChI is InChI=1S/C48H34Cl4N4O4/c1-25-43(33-9-5-7-11-37(33)53-45(25)31-17-15-29(49)23-35(31)51)47(57)55-39-19-13-27(21-41(39)59-3)28-14-20-40(42(22-28)60-4)56-48(58)44-26(2)46(32-18-16-30(50)24-36(32)52)54-38-12-8-6-10-34(38)44/h5-24H,1-4H3,(H,55,57)(H,56,58). The molecule has 0 saturated carbocycles. The van der Waals surface area contributed by atoms with Gasteiger partial charge in [0.1, 0.15) is 11.5 Å². The number of anilines is 2. The van der Waals surface area contributed by atoms with Gasteiger partial charge >= 0.3 is 0 Å². The Kier molecular flexibility index (Phi) is 11.4. The maximum absolute atomic E-state index is 14.2. The van der Waals surface area contributed by atoms with Crippen LogP contribution in [-0.2, 0) is 0 Å². The van der Waals surface area contributed by atoms with Crippen molar-refractivity contribution >= 4 is 91.4 Å². The van der Waals surface area contributed by atoms with E-state index in [9.17, 15) is 9.59 Å². The lowest BCUT2D eigenvalue weighted by atomic mass is 9.96. The number of hydrogen-bond donors (Lipinski definition) is 2. The molecule has 2 amide bonds. The Labute approximate surface area is 366 Å². The molecule has 8 rings (SSSR count). The molecule has 0 saturated heterocycles. The second-order valence-electron chi connectivity index (χ2n) is 13.9. The Morgan fingerprint density at radius 3 is 1.30 bits per heavy atom. The van der Waals surface area contributed by atoms with Gasteiger partial charge in [-0.3, -0.25) is 9.59 Å². The molecule has 8 nitrogen and oxygen atoms in total. The number of para-hydroxylation sites is 2. The summed E-state index contributed by atoms with van der Waals surface area (Å²) < 4.78 is 11.6. The van der Waals surface area contributed by atoms with Crippen molar-refractivity contribution < 1.29 is 19.1 Å². The molecule has 12 heteroatoms. The van der Waals surface area contributed by atoms with Gasteiger partial charge in [0.2, 0.25) is 0 Å². The summed E-state index contributed by atoms with van der Waals surface area (Å²) in [5.74, 6) is 0.188. The first-order valence-corrected chi connectivity index (χ1v) is 20.2. The SMILES string of the molecule is COc1cc(-c2ccc(NC(=O)c3c(C)c(-c4ccc(Cl)cc4Cl)nc4ccccc34)c(OC)c2)ccc1NC(=O)c1c(C)c(-c2ccc(Cl)cc2Cl)nc2ccccc12. The van der Waals surface area contributed by atoms with Crippen LogP contribution in [0.25, 0.3) is 55.4 Å². The van der Waals surface area contributed by atoms with Crippen LogP contribution in [-0.4, -0.2) is 36.0 Å². The van der Waals surface area contributed by atoms with Crippen LogP contribution >= 0.6 is 46.4 Å². The van der Waals surface area contributed by atoms with Gasteiger partial charge < -0.3 is 20.1 Å². The molecule has 298 valence electrons. The number of carbonyl (C=O) groups excluding carboxylic acids is 2. The zero-order chi connectivity index (χ0) is 42.2. The van der Waals surface area contributed by atoms with E-state index in [1.54, 1.807) is 62.8 Å². The number of pyridine rings is 2. The molecular formula is C48H34Cl4N4O4. The van der Waals surface area contributed by atoms with E-state index >= 15 is 0 Å². The van der Waals surface area contributed by atoms with Crippen LogP contribution in [0.1, 0.15) is 31.8 Å². The number of ether oxygens (including phenoxy) is 2. The summed E-state index contributed by atoms with van der Waals surface area (Å²) in [5, 5.41) is 9.35. The molecular weight excluding hydrogens is 838 g/mol. The van der Waals surface area contributed by atoms with Gasteiger partial charge in [-0.15, -0.1) is 0 Å². The van der Waals surface area contributed by atoms with Crippen molar-refractivity contribution in [3.63, 3.8) is 0 Å². The van der Waals surface area contributed by atoms with Crippen molar-refractivity contribution in [1.82, 2.24) is 9.97 Å². The smallest absolute Gasteiger partial charge is 0.256 e. The normalized spacial score (nSPS) is 11.1. The van der Waals surface area contributed by atoms with Crippen LogP contribution in [0.3, 0.4) is 0 Å². The van der Waals surface area contributed by atoms with Gasteiger partial charge in [-0.2, -0.15) is 0 Å². The zero-order valence-electron chi connectivity index (χ0n) is 32.6. The highest BCUT2D eigenvalue weighted by Gasteiger charge is 2.24. The first-order chi connectivity index (χ1) is 28.9. The molecule has 0 bridgehead atoms. The number of benzene rings is 6. The van der Waals surface area contributed by atoms with Crippen molar-refractivity contribution in [3.8, 4) is 45.1 Å². The number of hydrogen-bond acceptors (Lipinski definition) is 6. The minimum Gasteiger partial charge on any atom is -0.495 e. The number of nitrogens with zero attached hydrogens (tertiary/aromatic N) is 2. The molecule has 2 aromatic heterocycles. The third kappa shape index (κ3) is 7.71. The largest absolute Gasteiger partial charge is 0.495 e. The second-order valence-corrected chi connectivity index (χ2v) is 15.6. The zero-order valence-corrected chi connectivity index (χ0v) is 35.6. The van der Waals surface area contributed by atoms with Crippen LogP contribution < -0.4 is 20.1 Å². The number of fused-ring (bicyclic) bond motifs is 2. The van der Waals surface area contributed by atoms with Gasteiger partial charge in [-0.05, 0) is 109 Å². The Bertz CT molecular complexity index is 2840. The van der Waals surface area contributed by atoms with Crippen molar-refractivity contribution in [1.29, 1.82) is 0 Å². The van der Waals surface area contributed by atoms with Crippen LogP contribution in [0.5, 0.6) is 11.5 Å². The lowest BCUT2D eigenvalue weighted by Crippen LogP contribution is -2.16. The van der Waals surface area contributed by atoms with Crippen molar-refractivity contribution in [2.24, 2.45) is 0 Å². The van der Waals surface area contributed by atoms with E-state index in [0.29, 0.717) is 110 Å². The Morgan fingerprint density at radius 1 is 0.517 bits per heavy atom. The molecule has 8 aromatic rings. The van der Waals surface area contributed by atoms with Gasteiger partial charge in [-0.1, -0.05) is 94.9 Å². The molecule has 0 spiro atoms. The van der Waals surface area contributed by atoms with Crippen LogP contribution in [0.15, 0.2) is 121 Å². The molecule has 0 aliphatic rings. The van der Waals surface area contributed by atoms with E-state index in [1.165, 1.54) is 0 Å². The summed E-state index contributed by atoms with van der Waals surface area (Å²) in [5.41, 5.74) is 8.48. The Hall–Kier alpha value is -6.16. The highest BCUT2D eigenvalue weighted by molar-refractivity contribution is 6.37. The molecule has 6 aromatic carbocycles. The molecule has 60 heavy (non-hydrogen) atoms. The topological polar surface area (TPSA) is 102 Å². The summed E-state index contributed by atoms with van der Waals surface area (Å²) in [6.45, 7) is 3.70. The first kappa shape index (κ1) is 40.6. The third-order valence-corrected chi connectivity index (χ3v) is 11.4. The number of halogens is 4. The van der Waals surface area contributed by atoms with Crippen LogP contribution in [0, 0.1) is 13.8 Å². The summed E-state index contributed by atoms with van der Waals surface area (Å²) in [6.07, 6.45) is 0. The molecule has 0 fully saturated rings. The first-order valence-electron chi connectivity index (χ1n) is 18.6. The molecule has 2 heterocycles. The summed E-state index contributed by atoms with van der Waals surface area (Å²) in [4.78, 5) is 38.2. The number of aromatic nitrogens is 2. The van der Waals surface area contributed by atoms with E-state index in [1.807, 2.05) is 86.6 Å². The highest BCUT2D eigenvalue weighted by Crippen LogP contribution is 2.39. The van der Waals surface area contributed by atoms with E-state index in [2.05, 4.69) is 10.6 Å². The summed E-state index contributed by atoms with van der Waals surface area (Å²) in [6, 6.07) is 36.3.